The second kappa shape index (κ2) is 11.1. The average Bonchev–Trinajstić information content (AvgIpc) is 2.86. The van der Waals surface area contributed by atoms with Crippen molar-refractivity contribution in [2.24, 2.45) is 0 Å². The number of nitrogens with one attached hydrogen (secondary N) is 1. The molecule has 9 heteroatoms. The monoisotopic (exact) mass is 498 g/mol. The minimum absolute atomic E-state index is 0.0845. The van der Waals surface area contributed by atoms with Crippen LogP contribution in [0.1, 0.15) is 24.1 Å². The quantitative estimate of drug-likeness (QED) is 0.452. The summed E-state index contributed by atoms with van der Waals surface area (Å²) in [5.74, 6) is 1.18. The minimum atomic E-state index is -4.04. The molecule has 0 unspecified atom stereocenters. The number of hydrogen-bond donors (Lipinski definition) is 1. The Kier molecular flexibility index (Phi) is 8.24. The van der Waals surface area contributed by atoms with E-state index < -0.39 is 28.5 Å². The van der Waals surface area contributed by atoms with Crippen LogP contribution in [0.5, 0.6) is 17.2 Å². The Morgan fingerprint density at radius 2 is 1.57 bits per heavy atom. The van der Waals surface area contributed by atoms with Gasteiger partial charge in [-0.25, -0.2) is 8.42 Å². The van der Waals surface area contributed by atoms with Crippen molar-refractivity contribution in [3.63, 3.8) is 0 Å². The van der Waals surface area contributed by atoms with E-state index in [-0.39, 0.29) is 4.90 Å². The van der Waals surface area contributed by atoms with Gasteiger partial charge in [-0.2, -0.15) is 0 Å². The summed E-state index contributed by atoms with van der Waals surface area (Å²) in [5, 5.41) is 2.87. The third-order valence-electron chi connectivity index (χ3n) is 5.52. The standard InChI is InChI=1S/C26H30N2O6S/c1-18-9-12-23(13-10-18)35(30,31)28(20-7-6-8-21(15-20)32-3)17-26(29)27-19(2)24-16-22(33-4)11-14-25(24)34-5/h6-16,19H,17H2,1-5H3,(H,27,29)/t19-/m1/s1. The Morgan fingerprint density at radius 1 is 0.914 bits per heavy atom. The number of nitrogens with zero attached hydrogens (tertiary/aromatic N) is 1. The molecule has 1 N–H and O–H groups in total. The van der Waals surface area contributed by atoms with Gasteiger partial charge in [0.05, 0.1) is 38.0 Å². The molecule has 0 bridgehead atoms. The molecule has 3 aromatic carbocycles. The molecule has 186 valence electrons. The number of rotatable bonds is 10. The molecule has 0 heterocycles. The fourth-order valence-electron chi connectivity index (χ4n) is 3.59. The fourth-order valence-corrected chi connectivity index (χ4v) is 5.00. The summed E-state index contributed by atoms with van der Waals surface area (Å²) in [4.78, 5) is 13.2. The van der Waals surface area contributed by atoms with Crippen molar-refractivity contribution < 1.29 is 27.4 Å². The molecule has 0 saturated carbocycles. The molecule has 0 fully saturated rings. The summed E-state index contributed by atoms with van der Waals surface area (Å²) in [6.45, 7) is 3.23. The number of ether oxygens (including phenoxy) is 3. The first kappa shape index (κ1) is 25.9. The Balaban J connectivity index is 1.93. The lowest BCUT2D eigenvalue weighted by molar-refractivity contribution is -0.120. The van der Waals surface area contributed by atoms with Crippen molar-refractivity contribution in [3.05, 3.63) is 77.9 Å². The summed E-state index contributed by atoms with van der Waals surface area (Å²) in [5.41, 5.74) is 1.94. The maximum atomic E-state index is 13.6. The van der Waals surface area contributed by atoms with Crippen LogP contribution in [0.4, 0.5) is 5.69 Å². The summed E-state index contributed by atoms with van der Waals surface area (Å²) in [7, 11) is 0.544. The molecular formula is C26H30N2O6S. The third-order valence-corrected chi connectivity index (χ3v) is 7.31. The van der Waals surface area contributed by atoms with Gasteiger partial charge in [-0.1, -0.05) is 23.8 Å². The van der Waals surface area contributed by atoms with Gasteiger partial charge < -0.3 is 19.5 Å². The lowest BCUT2D eigenvalue weighted by atomic mass is 10.1. The zero-order chi connectivity index (χ0) is 25.6. The van der Waals surface area contributed by atoms with Crippen LogP contribution in [0, 0.1) is 6.92 Å². The second-order valence-corrected chi connectivity index (χ2v) is 9.79. The molecule has 1 amide bonds. The van der Waals surface area contributed by atoms with Gasteiger partial charge in [-0.3, -0.25) is 9.10 Å². The van der Waals surface area contributed by atoms with Crippen molar-refractivity contribution in [2.75, 3.05) is 32.2 Å². The first-order valence-corrected chi connectivity index (χ1v) is 12.4. The highest BCUT2D eigenvalue weighted by atomic mass is 32.2. The second-order valence-electron chi connectivity index (χ2n) is 7.92. The molecule has 3 aromatic rings. The number of sulfonamides is 1. The lowest BCUT2D eigenvalue weighted by Crippen LogP contribution is -2.41. The molecular weight excluding hydrogens is 468 g/mol. The van der Waals surface area contributed by atoms with Crippen LogP contribution in [-0.4, -0.2) is 42.2 Å². The molecule has 8 nitrogen and oxygen atoms in total. The van der Waals surface area contributed by atoms with Gasteiger partial charge in [0.2, 0.25) is 5.91 Å². The van der Waals surface area contributed by atoms with Gasteiger partial charge in [0.15, 0.2) is 0 Å². The maximum Gasteiger partial charge on any atom is 0.264 e. The zero-order valence-electron chi connectivity index (χ0n) is 20.4. The smallest absolute Gasteiger partial charge is 0.264 e. The van der Waals surface area contributed by atoms with Crippen molar-refractivity contribution in [3.8, 4) is 17.2 Å². The van der Waals surface area contributed by atoms with E-state index in [9.17, 15) is 13.2 Å². The number of anilines is 1. The first-order chi connectivity index (χ1) is 16.7. The summed E-state index contributed by atoms with van der Waals surface area (Å²) < 4.78 is 44.2. The third kappa shape index (κ3) is 6.05. The molecule has 0 radical (unpaired) electrons. The molecule has 0 aliphatic heterocycles. The van der Waals surface area contributed by atoms with E-state index >= 15 is 0 Å². The first-order valence-electron chi connectivity index (χ1n) is 10.9. The molecule has 0 spiro atoms. The van der Waals surface area contributed by atoms with Crippen LogP contribution < -0.4 is 23.8 Å². The number of carbonyl (C=O) groups is 1. The van der Waals surface area contributed by atoms with Crippen molar-refractivity contribution >= 4 is 21.6 Å². The Hall–Kier alpha value is -3.72. The van der Waals surface area contributed by atoms with Crippen molar-refractivity contribution in [1.82, 2.24) is 5.32 Å². The topological polar surface area (TPSA) is 94.2 Å². The van der Waals surface area contributed by atoms with Crippen LogP contribution in [0.2, 0.25) is 0 Å². The predicted octanol–water partition coefficient (Wildman–Crippen LogP) is 4.09. The van der Waals surface area contributed by atoms with Gasteiger partial charge in [0, 0.05) is 11.6 Å². The van der Waals surface area contributed by atoms with Gasteiger partial charge in [-0.15, -0.1) is 0 Å². The molecule has 0 aliphatic rings. The maximum absolute atomic E-state index is 13.6. The van der Waals surface area contributed by atoms with Gasteiger partial charge in [0.1, 0.15) is 23.8 Å². The molecule has 0 saturated heterocycles. The van der Waals surface area contributed by atoms with Gasteiger partial charge in [-0.05, 0) is 56.3 Å². The normalized spacial score (nSPS) is 11.9. The van der Waals surface area contributed by atoms with Crippen LogP contribution in [-0.2, 0) is 14.8 Å². The molecule has 1 atom stereocenters. The Bertz CT molecular complexity index is 1280. The fraction of sp³-hybridized carbons (Fsp3) is 0.269. The summed E-state index contributed by atoms with van der Waals surface area (Å²) in [6.07, 6.45) is 0. The minimum Gasteiger partial charge on any atom is -0.497 e. The average molecular weight is 499 g/mol. The van der Waals surface area contributed by atoms with E-state index in [4.69, 9.17) is 14.2 Å². The van der Waals surface area contributed by atoms with Crippen molar-refractivity contribution in [1.29, 1.82) is 0 Å². The van der Waals surface area contributed by atoms with Crippen LogP contribution >= 0.6 is 0 Å². The Labute approximate surface area is 206 Å². The predicted molar refractivity (Wildman–Crippen MR) is 135 cm³/mol. The summed E-state index contributed by atoms with van der Waals surface area (Å²) in [6, 6.07) is 17.9. The lowest BCUT2D eigenvalue weighted by Gasteiger charge is -2.26. The highest BCUT2D eigenvalue weighted by Crippen LogP contribution is 2.30. The highest BCUT2D eigenvalue weighted by molar-refractivity contribution is 7.92. The van der Waals surface area contributed by atoms with Gasteiger partial charge >= 0.3 is 0 Å². The van der Waals surface area contributed by atoms with E-state index in [1.807, 2.05) is 6.92 Å². The number of benzene rings is 3. The molecule has 0 aliphatic carbocycles. The summed E-state index contributed by atoms with van der Waals surface area (Å²) >= 11 is 0. The van der Waals surface area contributed by atoms with Crippen LogP contribution in [0.15, 0.2) is 71.6 Å². The van der Waals surface area contributed by atoms with Crippen molar-refractivity contribution in [2.45, 2.75) is 24.8 Å². The molecule has 0 aromatic heterocycles. The van der Waals surface area contributed by atoms with Gasteiger partial charge in [0.25, 0.3) is 10.0 Å². The van der Waals surface area contributed by atoms with Crippen LogP contribution in [0.3, 0.4) is 0 Å². The van der Waals surface area contributed by atoms with E-state index in [2.05, 4.69) is 5.32 Å². The molecule has 35 heavy (non-hydrogen) atoms. The highest BCUT2D eigenvalue weighted by Gasteiger charge is 2.28. The largest absolute Gasteiger partial charge is 0.497 e. The number of methoxy groups -OCH3 is 3. The SMILES string of the molecule is COc1cccc(N(CC(=O)N[C@H](C)c2cc(OC)ccc2OC)S(=O)(=O)c2ccc(C)cc2)c1. The zero-order valence-corrected chi connectivity index (χ0v) is 21.3. The number of hydrogen-bond acceptors (Lipinski definition) is 6. The van der Waals surface area contributed by atoms with E-state index in [1.54, 1.807) is 75.7 Å². The van der Waals surface area contributed by atoms with E-state index in [0.29, 0.717) is 28.5 Å². The van der Waals surface area contributed by atoms with E-state index in [0.717, 1.165) is 9.87 Å². The number of aryl methyl sites for hydroxylation is 1. The van der Waals surface area contributed by atoms with Crippen LogP contribution in [0.25, 0.3) is 0 Å². The Morgan fingerprint density at radius 3 is 2.20 bits per heavy atom. The van der Waals surface area contributed by atoms with E-state index in [1.165, 1.54) is 19.2 Å². The molecule has 3 rings (SSSR count). The number of carbonyl (C=O) groups excluding carboxylic acids is 1. The number of amides is 1.